The fraction of sp³-hybridized carbons (Fsp3) is 0.500. The average Bonchev–Trinajstić information content (AvgIpc) is 3.51. The number of hydrogen-bond donors (Lipinski definition) is 2. The van der Waals surface area contributed by atoms with Crippen molar-refractivity contribution >= 4 is 11.9 Å². The Morgan fingerprint density at radius 1 is 1.07 bits per heavy atom. The van der Waals surface area contributed by atoms with Crippen LogP contribution in [0.2, 0.25) is 0 Å². The number of aryl methyl sites for hydroxylation is 1. The molecule has 2 heterocycles. The second-order valence-corrected chi connectivity index (χ2v) is 8.10. The summed E-state index contributed by atoms with van der Waals surface area (Å²) in [5, 5.41) is 10.8. The summed E-state index contributed by atoms with van der Waals surface area (Å²) in [5.74, 6) is 0.0308. The van der Waals surface area contributed by atoms with Crippen molar-refractivity contribution in [2.45, 2.75) is 52.1 Å². The Morgan fingerprint density at radius 2 is 1.76 bits per heavy atom. The normalized spacial score (nSPS) is 17.2. The van der Waals surface area contributed by atoms with Crippen LogP contribution in [0.15, 0.2) is 30.3 Å². The first-order chi connectivity index (χ1) is 14.0. The molecule has 1 aliphatic heterocycles. The van der Waals surface area contributed by atoms with Crippen LogP contribution in [0.1, 0.15) is 42.6 Å². The highest BCUT2D eigenvalue weighted by atomic mass is 16.2. The molecule has 1 saturated heterocycles. The van der Waals surface area contributed by atoms with Gasteiger partial charge in [0.1, 0.15) is 0 Å². The van der Waals surface area contributed by atoms with Crippen LogP contribution in [0.3, 0.4) is 0 Å². The number of nitrogens with one attached hydrogen (secondary N) is 2. The molecule has 0 unspecified atom stereocenters. The molecule has 2 fully saturated rings. The zero-order chi connectivity index (χ0) is 20.4. The monoisotopic (exact) mass is 395 g/mol. The van der Waals surface area contributed by atoms with Crippen molar-refractivity contribution in [3.8, 4) is 5.69 Å². The Hall–Kier alpha value is -2.83. The number of carbonyl (C=O) groups is 2. The van der Waals surface area contributed by atoms with Crippen molar-refractivity contribution in [2.75, 3.05) is 13.1 Å². The summed E-state index contributed by atoms with van der Waals surface area (Å²) in [5.41, 5.74) is 4.05. The number of rotatable bonds is 5. The summed E-state index contributed by atoms with van der Waals surface area (Å²) < 4.78 is 1.92. The van der Waals surface area contributed by atoms with Crippen LogP contribution >= 0.6 is 0 Å². The number of piperidine rings is 1. The standard InChI is InChI=1S/C22H29N5O2/c1-15-20(16(2)27(25-15)19-6-4-3-5-7-19)14-23-21(28)17-10-12-26(13-11-17)22(29)24-18-8-9-18/h3-7,17-18H,8-14H2,1-2H3,(H,23,28)(H,24,29). The molecule has 1 saturated carbocycles. The highest BCUT2D eigenvalue weighted by Crippen LogP contribution is 2.22. The first-order valence-electron chi connectivity index (χ1n) is 10.5. The number of benzene rings is 1. The van der Waals surface area contributed by atoms with Gasteiger partial charge in [-0.3, -0.25) is 4.79 Å². The lowest BCUT2D eigenvalue weighted by molar-refractivity contribution is -0.126. The summed E-state index contributed by atoms with van der Waals surface area (Å²) in [6, 6.07) is 10.4. The van der Waals surface area contributed by atoms with E-state index in [0.29, 0.717) is 38.5 Å². The third-order valence-corrected chi connectivity index (χ3v) is 5.94. The van der Waals surface area contributed by atoms with Crippen molar-refractivity contribution in [2.24, 2.45) is 5.92 Å². The smallest absolute Gasteiger partial charge is 0.317 e. The quantitative estimate of drug-likeness (QED) is 0.817. The summed E-state index contributed by atoms with van der Waals surface area (Å²) in [7, 11) is 0. The Labute approximate surface area is 171 Å². The Kier molecular flexibility index (Phi) is 5.56. The minimum atomic E-state index is -0.0373. The predicted octanol–water partition coefficient (Wildman–Crippen LogP) is 2.69. The van der Waals surface area contributed by atoms with Crippen molar-refractivity contribution in [1.29, 1.82) is 0 Å². The molecule has 2 aliphatic rings. The minimum absolute atomic E-state index is 0.0194. The number of para-hydroxylation sites is 1. The largest absolute Gasteiger partial charge is 0.352 e. The first-order valence-corrected chi connectivity index (χ1v) is 10.5. The molecule has 7 nitrogen and oxygen atoms in total. The average molecular weight is 396 g/mol. The number of aromatic nitrogens is 2. The van der Waals surface area contributed by atoms with Gasteiger partial charge in [-0.1, -0.05) is 18.2 Å². The Balaban J connectivity index is 1.31. The molecule has 0 atom stereocenters. The fourth-order valence-electron chi connectivity index (χ4n) is 3.91. The highest BCUT2D eigenvalue weighted by molar-refractivity contribution is 5.79. The van der Waals surface area contributed by atoms with E-state index in [4.69, 9.17) is 0 Å². The zero-order valence-corrected chi connectivity index (χ0v) is 17.1. The van der Waals surface area contributed by atoms with Crippen molar-refractivity contribution in [3.05, 3.63) is 47.3 Å². The van der Waals surface area contributed by atoms with Gasteiger partial charge in [0.2, 0.25) is 5.91 Å². The SMILES string of the molecule is Cc1nn(-c2ccccc2)c(C)c1CNC(=O)C1CCN(C(=O)NC2CC2)CC1. The summed E-state index contributed by atoms with van der Waals surface area (Å²) in [4.78, 5) is 26.6. The lowest BCUT2D eigenvalue weighted by atomic mass is 9.96. The van der Waals surface area contributed by atoms with Gasteiger partial charge >= 0.3 is 6.03 Å². The van der Waals surface area contributed by atoms with E-state index in [1.165, 1.54) is 0 Å². The van der Waals surface area contributed by atoms with Gasteiger partial charge in [0.15, 0.2) is 0 Å². The van der Waals surface area contributed by atoms with Crippen LogP contribution in [0, 0.1) is 19.8 Å². The summed E-state index contributed by atoms with van der Waals surface area (Å²) in [6.45, 7) is 5.77. The third-order valence-electron chi connectivity index (χ3n) is 5.94. The van der Waals surface area contributed by atoms with E-state index in [1.54, 1.807) is 0 Å². The van der Waals surface area contributed by atoms with Gasteiger partial charge < -0.3 is 15.5 Å². The number of nitrogens with zero attached hydrogens (tertiary/aromatic N) is 3. The second kappa shape index (κ2) is 8.27. The van der Waals surface area contributed by atoms with E-state index in [0.717, 1.165) is 35.5 Å². The first kappa shape index (κ1) is 19.5. The van der Waals surface area contributed by atoms with Gasteiger partial charge in [-0.05, 0) is 51.7 Å². The van der Waals surface area contributed by atoms with E-state index >= 15 is 0 Å². The molecule has 4 rings (SSSR count). The van der Waals surface area contributed by atoms with Gasteiger partial charge in [-0.15, -0.1) is 0 Å². The predicted molar refractivity (Wildman–Crippen MR) is 111 cm³/mol. The van der Waals surface area contributed by atoms with Gasteiger partial charge in [0.25, 0.3) is 0 Å². The summed E-state index contributed by atoms with van der Waals surface area (Å²) >= 11 is 0. The number of carbonyl (C=O) groups excluding carboxylic acids is 2. The van der Waals surface area contributed by atoms with Crippen LogP contribution in [0.4, 0.5) is 4.79 Å². The maximum absolute atomic E-state index is 12.7. The molecular formula is C22H29N5O2. The number of hydrogen-bond acceptors (Lipinski definition) is 3. The van der Waals surface area contributed by atoms with Gasteiger partial charge in [-0.2, -0.15) is 5.10 Å². The molecule has 3 amide bonds. The maximum atomic E-state index is 12.7. The van der Waals surface area contributed by atoms with Gasteiger partial charge in [0.05, 0.1) is 11.4 Å². The van der Waals surface area contributed by atoms with Crippen LogP contribution in [-0.4, -0.2) is 45.8 Å². The zero-order valence-electron chi connectivity index (χ0n) is 17.1. The molecule has 1 aliphatic carbocycles. The third kappa shape index (κ3) is 4.44. The van der Waals surface area contributed by atoms with Crippen LogP contribution in [0.25, 0.3) is 5.69 Å². The summed E-state index contributed by atoms with van der Waals surface area (Å²) in [6.07, 6.45) is 3.60. The number of amides is 3. The van der Waals surface area contributed by atoms with E-state index in [2.05, 4.69) is 15.7 Å². The van der Waals surface area contributed by atoms with Gasteiger partial charge in [0, 0.05) is 42.9 Å². The van der Waals surface area contributed by atoms with Crippen molar-refractivity contribution in [1.82, 2.24) is 25.3 Å². The fourth-order valence-corrected chi connectivity index (χ4v) is 3.91. The number of likely N-dealkylation sites (tertiary alicyclic amines) is 1. The van der Waals surface area contributed by atoms with E-state index in [-0.39, 0.29) is 17.9 Å². The molecule has 0 bridgehead atoms. The van der Waals surface area contributed by atoms with Crippen molar-refractivity contribution in [3.63, 3.8) is 0 Å². The molecule has 2 N–H and O–H groups in total. The minimum Gasteiger partial charge on any atom is -0.352 e. The molecule has 1 aromatic heterocycles. The molecule has 7 heteroatoms. The lowest BCUT2D eigenvalue weighted by Gasteiger charge is -2.31. The maximum Gasteiger partial charge on any atom is 0.317 e. The van der Waals surface area contributed by atoms with Crippen molar-refractivity contribution < 1.29 is 9.59 Å². The topological polar surface area (TPSA) is 79.3 Å². The molecule has 0 spiro atoms. The lowest BCUT2D eigenvalue weighted by Crippen LogP contribution is -2.47. The highest BCUT2D eigenvalue weighted by Gasteiger charge is 2.30. The van der Waals surface area contributed by atoms with Gasteiger partial charge in [-0.25, -0.2) is 9.48 Å². The van der Waals surface area contributed by atoms with Crippen LogP contribution in [-0.2, 0) is 11.3 Å². The van der Waals surface area contributed by atoms with E-state index in [9.17, 15) is 9.59 Å². The second-order valence-electron chi connectivity index (χ2n) is 8.10. The van der Waals surface area contributed by atoms with E-state index < -0.39 is 0 Å². The van der Waals surface area contributed by atoms with E-state index in [1.807, 2.05) is 53.8 Å². The van der Waals surface area contributed by atoms with Crippen LogP contribution in [0.5, 0.6) is 0 Å². The molecule has 2 aromatic rings. The molecule has 154 valence electrons. The number of urea groups is 1. The Bertz CT molecular complexity index is 880. The molecule has 1 aromatic carbocycles. The van der Waals surface area contributed by atoms with Crippen LogP contribution < -0.4 is 10.6 Å². The Morgan fingerprint density at radius 3 is 2.41 bits per heavy atom. The molecule has 29 heavy (non-hydrogen) atoms. The molecule has 0 radical (unpaired) electrons. The molecular weight excluding hydrogens is 366 g/mol.